The summed E-state index contributed by atoms with van der Waals surface area (Å²) in [4.78, 5) is 4.55. The number of fused-ring (bicyclic) bond motifs is 1. The molecule has 0 radical (unpaired) electrons. The second kappa shape index (κ2) is 5.18. The van der Waals surface area contributed by atoms with Crippen molar-refractivity contribution in [1.29, 1.82) is 0 Å². The fourth-order valence-electron chi connectivity index (χ4n) is 2.23. The standard InChI is InChI=1S/C15H14ClN3O2/c1-20-10-3-4-14(21-2)11(6-10)13-8-19-7-9(16)5-12(17)15(19)18-13/h3-8H,17H2,1-2H3. The fourth-order valence-corrected chi connectivity index (χ4v) is 2.46. The maximum atomic E-state index is 6.01. The normalized spacial score (nSPS) is 10.8. The van der Waals surface area contributed by atoms with E-state index in [0.29, 0.717) is 22.1 Å². The molecule has 0 aliphatic heterocycles. The third kappa shape index (κ3) is 2.36. The first-order chi connectivity index (χ1) is 10.1. The van der Waals surface area contributed by atoms with Gasteiger partial charge in [0.2, 0.25) is 0 Å². The van der Waals surface area contributed by atoms with Gasteiger partial charge in [-0.05, 0) is 24.3 Å². The first-order valence-electron chi connectivity index (χ1n) is 6.28. The molecule has 0 bridgehead atoms. The molecular weight excluding hydrogens is 290 g/mol. The Bertz CT molecular complexity index is 814. The van der Waals surface area contributed by atoms with E-state index < -0.39 is 0 Å². The van der Waals surface area contributed by atoms with Crippen molar-refractivity contribution in [2.45, 2.75) is 0 Å². The number of pyridine rings is 1. The van der Waals surface area contributed by atoms with Gasteiger partial charge in [0.25, 0.3) is 0 Å². The molecule has 21 heavy (non-hydrogen) atoms. The predicted molar refractivity (Wildman–Crippen MR) is 83.2 cm³/mol. The van der Waals surface area contributed by atoms with E-state index in [1.54, 1.807) is 30.9 Å². The van der Waals surface area contributed by atoms with Crippen LogP contribution in [0.2, 0.25) is 5.02 Å². The lowest BCUT2D eigenvalue weighted by molar-refractivity contribution is 0.404. The van der Waals surface area contributed by atoms with E-state index in [1.165, 1.54) is 0 Å². The Morgan fingerprint density at radius 1 is 1.14 bits per heavy atom. The minimum Gasteiger partial charge on any atom is -0.497 e. The van der Waals surface area contributed by atoms with Gasteiger partial charge in [0, 0.05) is 18.0 Å². The van der Waals surface area contributed by atoms with Crippen molar-refractivity contribution in [1.82, 2.24) is 9.38 Å². The molecule has 0 saturated carbocycles. The Balaban J connectivity index is 2.22. The number of rotatable bonds is 3. The quantitative estimate of drug-likeness (QED) is 0.807. The molecule has 0 aliphatic carbocycles. The van der Waals surface area contributed by atoms with Crippen LogP contribution in [0, 0.1) is 0 Å². The maximum absolute atomic E-state index is 6.01. The number of nitrogens with zero attached hydrogens (tertiary/aromatic N) is 2. The Morgan fingerprint density at radius 2 is 1.95 bits per heavy atom. The lowest BCUT2D eigenvalue weighted by Gasteiger charge is -2.08. The second-order valence-corrected chi connectivity index (χ2v) is 4.97. The minimum atomic E-state index is 0.524. The molecule has 2 aromatic heterocycles. The first kappa shape index (κ1) is 13.6. The predicted octanol–water partition coefficient (Wildman–Crippen LogP) is 3.25. The van der Waals surface area contributed by atoms with Gasteiger partial charge in [-0.1, -0.05) is 11.6 Å². The second-order valence-electron chi connectivity index (χ2n) is 4.54. The van der Waals surface area contributed by atoms with Crippen LogP contribution in [0.5, 0.6) is 11.5 Å². The molecule has 0 aliphatic rings. The topological polar surface area (TPSA) is 61.8 Å². The molecule has 3 rings (SSSR count). The molecule has 6 heteroatoms. The van der Waals surface area contributed by atoms with Crippen LogP contribution in [0.25, 0.3) is 16.9 Å². The number of hydrogen-bond donors (Lipinski definition) is 1. The first-order valence-corrected chi connectivity index (χ1v) is 6.66. The number of nitrogens with two attached hydrogens (primary N) is 1. The smallest absolute Gasteiger partial charge is 0.160 e. The summed E-state index contributed by atoms with van der Waals surface area (Å²) >= 11 is 6.01. The van der Waals surface area contributed by atoms with Crippen molar-refractivity contribution in [3.63, 3.8) is 0 Å². The van der Waals surface area contributed by atoms with Crippen LogP contribution < -0.4 is 15.2 Å². The SMILES string of the molecule is COc1ccc(OC)c(-c2cn3cc(Cl)cc(N)c3n2)c1. The van der Waals surface area contributed by atoms with Gasteiger partial charge in [0.1, 0.15) is 11.5 Å². The highest BCUT2D eigenvalue weighted by Gasteiger charge is 2.13. The van der Waals surface area contributed by atoms with E-state index in [4.69, 9.17) is 26.8 Å². The lowest BCUT2D eigenvalue weighted by atomic mass is 10.1. The van der Waals surface area contributed by atoms with Gasteiger partial charge in [-0.15, -0.1) is 0 Å². The fraction of sp³-hybridized carbons (Fsp3) is 0.133. The summed E-state index contributed by atoms with van der Waals surface area (Å²) in [6, 6.07) is 7.23. The zero-order valence-corrected chi connectivity index (χ0v) is 12.4. The number of benzene rings is 1. The van der Waals surface area contributed by atoms with Gasteiger partial charge in [-0.3, -0.25) is 0 Å². The number of anilines is 1. The van der Waals surface area contributed by atoms with Crippen molar-refractivity contribution in [3.8, 4) is 22.8 Å². The van der Waals surface area contributed by atoms with Gasteiger partial charge in [0.05, 0.1) is 30.6 Å². The van der Waals surface area contributed by atoms with Gasteiger partial charge in [0.15, 0.2) is 5.65 Å². The summed E-state index contributed by atoms with van der Waals surface area (Å²) in [5.74, 6) is 1.44. The number of hydrogen-bond acceptors (Lipinski definition) is 4. The zero-order chi connectivity index (χ0) is 15.0. The van der Waals surface area contributed by atoms with Crippen molar-refractivity contribution in [2.75, 3.05) is 20.0 Å². The van der Waals surface area contributed by atoms with Crippen molar-refractivity contribution >= 4 is 22.9 Å². The summed E-state index contributed by atoms with van der Waals surface area (Å²) in [6.45, 7) is 0. The Labute approximate surface area is 126 Å². The van der Waals surface area contributed by atoms with E-state index >= 15 is 0 Å². The van der Waals surface area contributed by atoms with Crippen LogP contribution >= 0.6 is 11.6 Å². The lowest BCUT2D eigenvalue weighted by Crippen LogP contribution is -1.91. The summed E-state index contributed by atoms with van der Waals surface area (Å²) in [5.41, 5.74) is 8.69. The van der Waals surface area contributed by atoms with E-state index in [-0.39, 0.29) is 0 Å². The van der Waals surface area contributed by atoms with E-state index in [0.717, 1.165) is 17.0 Å². The average molecular weight is 304 g/mol. The van der Waals surface area contributed by atoms with Crippen molar-refractivity contribution in [2.24, 2.45) is 0 Å². The largest absolute Gasteiger partial charge is 0.497 e. The molecule has 2 heterocycles. The van der Waals surface area contributed by atoms with E-state index in [2.05, 4.69) is 4.98 Å². The molecule has 0 spiro atoms. The van der Waals surface area contributed by atoms with Crippen LogP contribution in [-0.4, -0.2) is 23.6 Å². The molecule has 3 aromatic rings. The van der Waals surface area contributed by atoms with Crippen LogP contribution in [-0.2, 0) is 0 Å². The van der Waals surface area contributed by atoms with Gasteiger partial charge >= 0.3 is 0 Å². The molecule has 0 fully saturated rings. The van der Waals surface area contributed by atoms with Crippen LogP contribution in [0.4, 0.5) is 5.69 Å². The molecule has 5 nitrogen and oxygen atoms in total. The molecule has 0 amide bonds. The monoisotopic (exact) mass is 303 g/mol. The summed E-state index contributed by atoms with van der Waals surface area (Å²) in [7, 11) is 3.24. The Morgan fingerprint density at radius 3 is 2.67 bits per heavy atom. The summed E-state index contributed by atoms with van der Waals surface area (Å²) in [5, 5.41) is 0.557. The molecular formula is C15H14ClN3O2. The number of nitrogen functional groups attached to an aromatic ring is 1. The van der Waals surface area contributed by atoms with E-state index in [1.807, 2.05) is 24.4 Å². The number of halogens is 1. The number of imidazole rings is 1. The number of methoxy groups -OCH3 is 2. The summed E-state index contributed by atoms with van der Waals surface area (Å²) in [6.07, 6.45) is 3.62. The molecule has 0 saturated heterocycles. The third-order valence-electron chi connectivity index (χ3n) is 3.23. The van der Waals surface area contributed by atoms with Crippen molar-refractivity contribution in [3.05, 3.63) is 41.7 Å². The van der Waals surface area contributed by atoms with Gasteiger partial charge in [-0.25, -0.2) is 4.98 Å². The van der Waals surface area contributed by atoms with Crippen molar-refractivity contribution < 1.29 is 9.47 Å². The van der Waals surface area contributed by atoms with Crippen LogP contribution in [0.3, 0.4) is 0 Å². The number of ether oxygens (including phenoxy) is 2. The molecule has 0 atom stereocenters. The summed E-state index contributed by atoms with van der Waals surface area (Å²) < 4.78 is 12.4. The zero-order valence-electron chi connectivity index (χ0n) is 11.6. The molecule has 1 aromatic carbocycles. The highest BCUT2D eigenvalue weighted by Crippen LogP contribution is 2.33. The van der Waals surface area contributed by atoms with E-state index in [9.17, 15) is 0 Å². The third-order valence-corrected chi connectivity index (χ3v) is 3.44. The van der Waals surface area contributed by atoms with Crippen LogP contribution in [0.1, 0.15) is 0 Å². The highest BCUT2D eigenvalue weighted by molar-refractivity contribution is 6.30. The average Bonchev–Trinajstić information content (AvgIpc) is 2.90. The van der Waals surface area contributed by atoms with Crippen LogP contribution in [0.15, 0.2) is 36.7 Å². The maximum Gasteiger partial charge on any atom is 0.160 e. The molecule has 2 N–H and O–H groups in total. The van der Waals surface area contributed by atoms with Gasteiger partial charge < -0.3 is 19.6 Å². The number of aromatic nitrogens is 2. The Hall–Kier alpha value is -2.40. The van der Waals surface area contributed by atoms with Gasteiger partial charge in [-0.2, -0.15) is 0 Å². The highest BCUT2D eigenvalue weighted by atomic mass is 35.5. The molecule has 0 unspecified atom stereocenters. The Kier molecular flexibility index (Phi) is 3.35. The molecule has 108 valence electrons. The minimum absolute atomic E-state index is 0.524.